The van der Waals surface area contributed by atoms with Crippen molar-refractivity contribution in [2.45, 2.75) is 13.8 Å². The zero-order chi connectivity index (χ0) is 13.1. The van der Waals surface area contributed by atoms with Gasteiger partial charge in [-0.25, -0.2) is 9.48 Å². The third-order valence-corrected chi connectivity index (χ3v) is 2.65. The van der Waals surface area contributed by atoms with Gasteiger partial charge < -0.3 is 5.11 Å². The lowest BCUT2D eigenvalue weighted by Gasteiger charge is -2.05. The summed E-state index contributed by atoms with van der Waals surface area (Å²) in [5, 5.41) is 12.9. The van der Waals surface area contributed by atoms with Crippen LogP contribution in [0.25, 0.3) is 11.8 Å². The van der Waals surface area contributed by atoms with Crippen molar-refractivity contribution >= 4 is 12.0 Å². The van der Waals surface area contributed by atoms with E-state index in [-0.39, 0.29) is 0 Å². The number of aromatic nitrogens is 2. The van der Waals surface area contributed by atoms with E-state index in [1.807, 2.05) is 44.3 Å². The molecule has 0 amide bonds. The van der Waals surface area contributed by atoms with Gasteiger partial charge in [-0.05, 0) is 49.2 Å². The van der Waals surface area contributed by atoms with E-state index in [1.165, 1.54) is 0 Å². The lowest BCUT2D eigenvalue weighted by atomic mass is 10.1. The van der Waals surface area contributed by atoms with Crippen LogP contribution >= 0.6 is 0 Å². The molecule has 0 aliphatic heterocycles. The Morgan fingerprint density at radius 1 is 1.33 bits per heavy atom. The molecule has 0 unspecified atom stereocenters. The van der Waals surface area contributed by atoms with Crippen molar-refractivity contribution < 1.29 is 9.90 Å². The van der Waals surface area contributed by atoms with Crippen LogP contribution in [0.3, 0.4) is 0 Å². The molecule has 0 radical (unpaired) electrons. The van der Waals surface area contributed by atoms with E-state index in [4.69, 9.17) is 5.11 Å². The number of hydrogen-bond donors (Lipinski definition) is 1. The molecule has 0 saturated carbocycles. The van der Waals surface area contributed by atoms with Crippen molar-refractivity contribution in [3.8, 4) is 5.69 Å². The van der Waals surface area contributed by atoms with Crippen LogP contribution in [0.5, 0.6) is 0 Å². The molecule has 0 spiro atoms. The van der Waals surface area contributed by atoms with Crippen LogP contribution in [-0.4, -0.2) is 20.9 Å². The van der Waals surface area contributed by atoms with Crippen LogP contribution in [0, 0.1) is 13.8 Å². The Kier molecular flexibility index (Phi) is 3.28. The molecule has 4 nitrogen and oxygen atoms in total. The van der Waals surface area contributed by atoms with Gasteiger partial charge in [-0.1, -0.05) is 6.07 Å². The average molecular weight is 242 g/mol. The lowest BCUT2D eigenvalue weighted by Crippen LogP contribution is -1.96. The predicted octanol–water partition coefficient (Wildman–Crippen LogP) is 2.59. The van der Waals surface area contributed by atoms with Gasteiger partial charge in [0.05, 0.1) is 11.4 Å². The number of hydrogen-bond acceptors (Lipinski definition) is 2. The van der Waals surface area contributed by atoms with Gasteiger partial charge in [0.1, 0.15) is 0 Å². The fraction of sp³-hybridized carbons (Fsp3) is 0.143. The number of carboxylic acid groups (broad SMARTS) is 1. The second-order valence-electron chi connectivity index (χ2n) is 4.11. The van der Waals surface area contributed by atoms with E-state index in [0.29, 0.717) is 0 Å². The smallest absolute Gasteiger partial charge is 0.328 e. The minimum atomic E-state index is -0.943. The van der Waals surface area contributed by atoms with Gasteiger partial charge in [0.2, 0.25) is 0 Å². The molecule has 2 rings (SSSR count). The monoisotopic (exact) mass is 242 g/mol. The normalized spacial score (nSPS) is 11.0. The SMILES string of the molecule is Cc1ccn(-c2ccc(C=CC(=O)O)c(C)c2)n1. The Labute approximate surface area is 105 Å². The molecular formula is C14H14N2O2. The Bertz CT molecular complexity index is 612. The molecule has 0 aliphatic rings. The Morgan fingerprint density at radius 3 is 2.67 bits per heavy atom. The predicted molar refractivity (Wildman–Crippen MR) is 69.7 cm³/mol. The first-order valence-electron chi connectivity index (χ1n) is 5.60. The molecule has 2 aromatic rings. The Balaban J connectivity index is 2.33. The molecule has 0 bridgehead atoms. The van der Waals surface area contributed by atoms with Crippen LogP contribution in [0.1, 0.15) is 16.8 Å². The minimum absolute atomic E-state index is 0.894. The summed E-state index contributed by atoms with van der Waals surface area (Å²) < 4.78 is 1.80. The standard InChI is InChI=1S/C14H14N2O2/c1-10-9-13(16-8-7-11(2)15-16)5-3-12(10)4-6-14(17)18/h3-9H,1-2H3,(H,17,18). The molecule has 4 heteroatoms. The van der Waals surface area contributed by atoms with Crippen LogP contribution in [0.4, 0.5) is 0 Å². The van der Waals surface area contributed by atoms with Crippen molar-refractivity contribution in [3.05, 3.63) is 53.4 Å². The summed E-state index contributed by atoms with van der Waals surface area (Å²) in [6, 6.07) is 7.73. The van der Waals surface area contributed by atoms with E-state index >= 15 is 0 Å². The van der Waals surface area contributed by atoms with Gasteiger partial charge in [0.15, 0.2) is 0 Å². The van der Waals surface area contributed by atoms with Crippen molar-refractivity contribution in [3.63, 3.8) is 0 Å². The highest BCUT2D eigenvalue weighted by atomic mass is 16.4. The van der Waals surface area contributed by atoms with Crippen molar-refractivity contribution in [2.24, 2.45) is 0 Å². The highest BCUT2D eigenvalue weighted by Crippen LogP contribution is 2.15. The molecule has 1 N–H and O–H groups in total. The fourth-order valence-corrected chi connectivity index (χ4v) is 1.71. The van der Waals surface area contributed by atoms with Crippen molar-refractivity contribution in [2.75, 3.05) is 0 Å². The maximum absolute atomic E-state index is 10.5. The molecular weight excluding hydrogens is 228 g/mol. The Morgan fingerprint density at radius 2 is 2.11 bits per heavy atom. The van der Waals surface area contributed by atoms with E-state index in [0.717, 1.165) is 28.6 Å². The summed E-state index contributed by atoms with van der Waals surface area (Å²) >= 11 is 0. The van der Waals surface area contributed by atoms with Crippen LogP contribution < -0.4 is 0 Å². The van der Waals surface area contributed by atoms with Gasteiger partial charge in [-0.3, -0.25) is 0 Å². The van der Waals surface area contributed by atoms with Gasteiger partial charge >= 0.3 is 5.97 Å². The number of aryl methyl sites for hydroxylation is 2. The van der Waals surface area contributed by atoms with E-state index in [9.17, 15) is 4.79 Å². The highest BCUT2D eigenvalue weighted by molar-refractivity contribution is 5.85. The summed E-state index contributed by atoms with van der Waals surface area (Å²) in [6.07, 6.45) is 4.63. The summed E-state index contributed by atoms with van der Waals surface area (Å²) in [5.74, 6) is -0.943. The van der Waals surface area contributed by atoms with E-state index in [2.05, 4.69) is 5.10 Å². The van der Waals surface area contributed by atoms with Crippen LogP contribution in [0.15, 0.2) is 36.5 Å². The summed E-state index contributed by atoms with van der Waals surface area (Å²) in [7, 11) is 0. The molecule has 0 fully saturated rings. The van der Waals surface area contributed by atoms with Crippen LogP contribution in [-0.2, 0) is 4.79 Å². The minimum Gasteiger partial charge on any atom is -0.478 e. The number of carboxylic acids is 1. The second kappa shape index (κ2) is 4.87. The largest absolute Gasteiger partial charge is 0.478 e. The maximum atomic E-state index is 10.5. The quantitative estimate of drug-likeness (QED) is 0.842. The Hall–Kier alpha value is -2.36. The second-order valence-corrected chi connectivity index (χ2v) is 4.11. The summed E-state index contributed by atoms with van der Waals surface area (Å²) in [6.45, 7) is 3.88. The van der Waals surface area contributed by atoms with Crippen molar-refractivity contribution in [1.82, 2.24) is 9.78 Å². The van der Waals surface area contributed by atoms with Gasteiger partial charge in [-0.15, -0.1) is 0 Å². The van der Waals surface area contributed by atoms with Gasteiger partial charge in [0.25, 0.3) is 0 Å². The topological polar surface area (TPSA) is 55.1 Å². The fourth-order valence-electron chi connectivity index (χ4n) is 1.71. The lowest BCUT2D eigenvalue weighted by molar-refractivity contribution is -0.131. The van der Waals surface area contributed by atoms with E-state index in [1.54, 1.807) is 10.8 Å². The van der Waals surface area contributed by atoms with Gasteiger partial charge in [-0.2, -0.15) is 5.10 Å². The first-order valence-corrected chi connectivity index (χ1v) is 5.60. The summed E-state index contributed by atoms with van der Waals surface area (Å²) in [5.41, 5.74) is 3.83. The number of aliphatic carboxylic acids is 1. The molecule has 0 atom stereocenters. The number of benzene rings is 1. The van der Waals surface area contributed by atoms with Crippen molar-refractivity contribution in [1.29, 1.82) is 0 Å². The zero-order valence-corrected chi connectivity index (χ0v) is 10.3. The molecule has 0 aliphatic carbocycles. The van der Waals surface area contributed by atoms with Gasteiger partial charge in [0, 0.05) is 12.3 Å². The molecule has 0 saturated heterocycles. The molecule has 1 aromatic heterocycles. The zero-order valence-electron chi connectivity index (χ0n) is 10.3. The number of nitrogens with zero attached hydrogens (tertiary/aromatic N) is 2. The van der Waals surface area contributed by atoms with E-state index < -0.39 is 5.97 Å². The number of carbonyl (C=O) groups is 1. The first kappa shape index (κ1) is 12.1. The maximum Gasteiger partial charge on any atom is 0.328 e. The summed E-state index contributed by atoms with van der Waals surface area (Å²) in [4.78, 5) is 10.5. The highest BCUT2D eigenvalue weighted by Gasteiger charge is 2.01. The molecule has 92 valence electrons. The third kappa shape index (κ3) is 2.66. The molecule has 18 heavy (non-hydrogen) atoms. The average Bonchev–Trinajstić information content (AvgIpc) is 2.74. The van der Waals surface area contributed by atoms with Crippen LogP contribution in [0.2, 0.25) is 0 Å². The third-order valence-electron chi connectivity index (χ3n) is 2.65. The molecule has 1 heterocycles. The number of rotatable bonds is 3. The molecule has 1 aromatic carbocycles. The first-order chi connectivity index (χ1) is 8.56.